The van der Waals surface area contributed by atoms with E-state index in [1.807, 2.05) is 0 Å². The fourth-order valence-electron chi connectivity index (χ4n) is 0.454. The highest BCUT2D eigenvalue weighted by Crippen LogP contribution is 1.95. The van der Waals surface area contributed by atoms with Gasteiger partial charge in [0.1, 0.15) is 0 Å². The zero-order valence-electron chi connectivity index (χ0n) is 5.18. The molecular formula is C6H12BrN. The molecule has 0 fully saturated rings. The van der Waals surface area contributed by atoms with E-state index in [4.69, 9.17) is 5.26 Å². The fraction of sp³-hybridized carbons (Fsp3) is 0.833. The summed E-state index contributed by atoms with van der Waals surface area (Å²) in [6, 6.07) is 2.10. The molecule has 0 saturated heterocycles. The van der Waals surface area contributed by atoms with Gasteiger partial charge in [-0.15, -0.1) is 17.0 Å². The van der Waals surface area contributed by atoms with Crippen LogP contribution in [-0.2, 0) is 0 Å². The molecular weight excluding hydrogens is 166 g/mol. The topological polar surface area (TPSA) is 23.8 Å². The predicted molar refractivity (Wildman–Crippen MR) is 40.1 cm³/mol. The molecule has 8 heavy (non-hydrogen) atoms. The minimum Gasteiger partial charge on any atom is -0.198 e. The SMILES string of the molecule is Br.CCCCCC#N. The normalized spacial score (nSPS) is 7.00. The van der Waals surface area contributed by atoms with Gasteiger partial charge in [-0.3, -0.25) is 0 Å². The van der Waals surface area contributed by atoms with Crippen molar-refractivity contribution in [3.05, 3.63) is 0 Å². The Kier molecular flexibility index (Phi) is 13.7. The molecule has 0 saturated carbocycles. The molecule has 0 heterocycles. The number of hydrogen-bond donors (Lipinski definition) is 0. The molecule has 0 aliphatic carbocycles. The molecule has 0 bridgehead atoms. The summed E-state index contributed by atoms with van der Waals surface area (Å²) >= 11 is 0. The van der Waals surface area contributed by atoms with Crippen molar-refractivity contribution >= 4 is 17.0 Å². The van der Waals surface area contributed by atoms with Crippen LogP contribution in [-0.4, -0.2) is 0 Å². The minimum absolute atomic E-state index is 0. The van der Waals surface area contributed by atoms with Gasteiger partial charge in [-0.05, 0) is 6.42 Å². The van der Waals surface area contributed by atoms with Gasteiger partial charge in [0.2, 0.25) is 0 Å². The Morgan fingerprint density at radius 3 is 2.38 bits per heavy atom. The van der Waals surface area contributed by atoms with Crippen LogP contribution in [0.5, 0.6) is 0 Å². The van der Waals surface area contributed by atoms with Gasteiger partial charge in [0.15, 0.2) is 0 Å². The fourth-order valence-corrected chi connectivity index (χ4v) is 0.454. The van der Waals surface area contributed by atoms with Crippen molar-refractivity contribution < 1.29 is 0 Å². The van der Waals surface area contributed by atoms with E-state index in [0.717, 1.165) is 12.8 Å². The second-order valence-corrected chi connectivity index (χ2v) is 1.62. The van der Waals surface area contributed by atoms with Crippen LogP contribution in [0, 0.1) is 11.3 Å². The van der Waals surface area contributed by atoms with Crippen LogP contribution in [0.15, 0.2) is 0 Å². The Hall–Kier alpha value is -0.0300. The van der Waals surface area contributed by atoms with Crippen LogP contribution in [0.1, 0.15) is 32.6 Å². The third-order valence-corrected chi connectivity index (χ3v) is 0.892. The molecule has 0 atom stereocenters. The maximum Gasteiger partial charge on any atom is 0.0621 e. The van der Waals surface area contributed by atoms with Gasteiger partial charge in [-0.2, -0.15) is 5.26 Å². The molecule has 0 radical (unpaired) electrons. The first-order valence-electron chi connectivity index (χ1n) is 2.78. The van der Waals surface area contributed by atoms with Crippen molar-refractivity contribution in [2.24, 2.45) is 0 Å². The van der Waals surface area contributed by atoms with E-state index in [-0.39, 0.29) is 17.0 Å². The van der Waals surface area contributed by atoms with Gasteiger partial charge < -0.3 is 0 Å². The Morgan fingerprint density at radius 1 is 1.38 bits per heavy atom. The number of rotatable bonds is 3. The lowest BCUT2D eigenvalue weighted by Crippen LogP contribution is -1.68. The first-order chi connectivity index (χ1) is 3.41. The summed E-state index contributed by atoms with van der Waals surface area (Å²) in [5.74, 6) is 0. The summed E-state index contributed by atoms with van der Waals surface area (Å²) in [5.41, 5.74) is 0. The van der Waals surface area contributed by atoms with Crippen molar-refractivity contribution in [3.8, 4) is 6.07 Å². The van der Waals surface area contributed by atoms with E-state index < -0.39 is 0 Å². The second-order valence-electron chi connectivity index (χ2n) is 1.62. The van der Waals surface area contributed by atoms with Gasteiger partial charge in [0.25, 0.3) is 0 Å². The summed E-state index contributed by atoms with van der Waals surface area (Å²) in [6.07, 6.45) is 4.22. The monoisotopic (exact) mass is 177 g/mol. The van der Waals surface area contributed by atoms with E-state index in [9.17, 15) is 0 Å². The lowest BCUT2D eigenvalue weighted by molar-refractivity contribution is 0.734. The van der Waals surface area contributed by atoms with E-state index in [1.165, 1.54) is 12.8 Å². The van der Waals surface area contributed by atoms with Gasteiger partial charge >= 0.3 is 0 Å². The lowest BCUT2D eigenvalue weighted by Gasteiger charge is -1.84. The number of nitrogens with zero attached hydrogens (tertiary/aromatic N) is 1. The van der Waals surface area contributed by atoms with Crippen molar-refractivity contribution in [1.29, 1.82) is 5.26 Å². The van der Waals surface area contributed by atoms with Gasteiger partial charge in [0, 0.05) is 6.42 Å². The van der Waals surface area contributed by atoms with Crippen molar-refractivity contribution in [3.63, 3.8) is 0 Å². The van der Waals surface area contributed by atoms with Crippen LogP contribution in [0.3, 0.4) is 0 Å². The summed E-state index contributed by atoms with van der Waals surface area (Å²) < 4.78 is 0. The molecule has 0 aromatic rings. The maximum atomic E-state index is 8.04. The highest BCUT2D eigenvalue weighted by atomic mass is 79.9. The molecule has 0 N–H and O–H groups in total. The molecule has 48 valence electrons. The molecule has 0 aromatic heterocycles. The minimum atomic E-state index is 0. The molecule has 0 aliphatic heterocycles. The second kappa shape index (κ2) is 10.1. The average molecular weight is 178 g/mol. The first kappa shape index (κ1) is 10.9. The zero-order valence-corrected chi connectivity index (χ0v) is 6.90. The first-order valence-corrected chi connectivity index (χ1v) is 2.78. The predicted octanol–water partition coefficient (Wildman–Crippen LogP) is 2.67. The number of hydrogen-bond acceptors (Lipinski definition) is 1. The van der Waals surface area contributed by atoms with Crippen LogP contribution in [0.2, 0.25) is 0 Å². The molecule has 0 aromatic carbocycles. The van der Waals surface area contributed by atoms with Crippen LogP contribution >= 0.6 is 17.0 Å². The van der Waals surface area contributed by atoms with Crippen LogP contribution in [0.25, 0.3) is 0 Å². The third kappa shape index (κ3) is 9.36. The smallest absolute Gasteiger partial charge is 0.0621 e. The summed E-state index contributed by atoms with van der Waals surface area (Å²) in [4.78, 5) is 0. The number of halogens is 1. The number of unbranched alkanes of at least 4 members (excludes halogenated alkanes) is 3. The summed E-state index contributed by atoms with van der Waals surface area (Å²) in [7, 11) is 0. The molecule has 0 spiro atoms. The molecule has 0 rings (SSSR count). The molecule has 0 amide bonds. The van der Waals surface area contributed by atoms with Gasteiger partial charge in [-0.1, -0.05) is 19.8 Å². The van der Waals surface area contributed by atoms with E-state index in [2.05, 4.69) is 13.0 Å². The van der Waals surface area contributed by atoms with Gasteiger partial charge in [0.05, 0.1) is 6.07 Å². The van der Waals surface area contributed by atoms with Crippen LogP contribution < -0.4 is 0 Å². The highest BCUT2D eigenvalue weighted by Gasteiger charge is 1.79. The molecule has 0 unspecified atom stereocenters. The summed E-state index contributed by atoms with van der Waals surface area (Å²) in [6.45, 7) is 2.14. The summed E-state index contributed by atoms with van der Waals surface area (Å²) in [5, 5.41) is 8.04. The van der Waals surface area contributed by atoms with E-state index in [0.29, 0.717) is 0 Å². The molecule has 2 heteroatoms. The standard InChI is InChI=1S/C6H11N.BrH/c1-2-3-4-5-6-7;/h2-5H2,1H3;1H. The maximum absolute atomic E-state index is 8.04. The third-order valence-electron chi connectivity index (χ3n) is 0.892. The lowest BCUT2D eigenvalue weighted by atomic mass is 10.2. The van der Waals surface area contributed by atoms with Crippen molar-refractivity contribution in [2.75, 3.05) is 0 Å². The van der Waals surface area contributed by atoms with Crippen LogP contribution in [0.4, 0.5) is 0 Å². The molecule has 0 aliphatic rings. The Labute approximate surface area is 61.5 Å². The Morgan fingerprint density at radius 2 is 2.00 bits per heavy atom. The van der Waals surface area contributed by atoms with Crippen molar-refractivity contribution in [1.82, 2.24) is 0 Å². The highest BCUT2D eigenvalue weighted by molar-refractivity contribution is 8.93. The Bertz CT molecular complexity index is 65.4. The zero-order chi connectivity index (χ0) is 5.54. The average Bonchev–Trinajstić information content (AvgIpc) is 1.69. The largest absolute Gasteiger partial charge is 0.198 e. The number of nitriles is 1. The van der Waals surface area contributed by atoms with E-state index >= 15 is 0 Å². The van der Waals surface area contributed by atoms with Gasteiger partial charge in [-0.25, -0.2) is 0 Å². The molecule has 1 nitrogen and oxygen atoms in total. The Balaban J connectivity index is 0. The van der Waals surface area contributed by atoms with Crippen molar-refractivity contribution in [2.45, 2.75) is 32.6 Å². The van der Waals surface area contributed by atoms with E-state index in [1.54, 1.807) is 0 Å². The quantitative estimate of drug-likeness (QED) is 0.609.